The average Bonchev–Trinajstić information content (AvgIpc) is 3.62. The van der Waals surface area contributed by atoms with Gasteiger partial charge in [0.15, 0.2) is 0 Å². The second-order valence-electron chi connectivity index (χ2n) is 12.3. The first-order valence-electron chi connectivity index (χ1n) is 15.9. The van der Waals surface area contributed by atoms with Gasteiger partial charge < -0.3 is 20.4 Å². The van der Waals surface area contributed by atoms with Crippen molar-refractivity contribution in [3.8, 4) is 0 Å². The van der Waals surface area contributed by atoms with Crippen LogP contribution in [0.3, 0.4) is 0 Å². The molecule has 2 aromatic carbocycles. The first kappa shape index (κ1) is 29.1. The van der Waals surface area contributed by atoms with Crippen molar-refractivity contribution < 1.29 is 0 Å². The number of anilines is 4. The van der Waals surface area contributed by atoms with Crippen LogP contribution in [-0.4, -0.2) is 64.7 Å². The van der Waals surface area contributed by atoms with Crippen LogP contribution in [-0.2, 0) is 6.54 Å². The average molecular weight is 601 g/mol. The molecule has 0 spiro atoms. The molecule has 230 valence electrons. The van der Waals surface area contributed by atoms with Gasteiger partial charge in [0.2, 0.25) is 5.95 Å². The molecule has 1 unspecified atom stereocenters. The quantitative estimate of drug-likeness (QED) is 0.237. The normalized spacial score (nSPS) is 17.5. The minimum absolute atomic E-state index is 0.123. The number of nitrogens with zero attached hydrogens (tertiary/aromatic N) is 6. The summed E-state index contributed by atoms with van der Waals surface area (Å²) in [5.41, 5.74) is 6.31. The van der Waals surface area contributed by atoms with Gasteiger partial charge in [0.05, 0.1) is 12.2 Å². The van der Waals surface area contributed by atoms with Crippen LogP contribution >= 0.6 is 0 Å². The zero-order valence-corrected chi connectivity index (χ0v) is 26.0. The lowest BCUT2D eigenvalue weighted by molar-refractivity contribution is 0.255. The molecule has 2 saturated heterocycles. The molecular formula is C36H40N8O. The Hall–Kier alpha value is -4.60. The second-order valence-corrected chi connectivity index (χ2v) is 12.3. The number of rotatable bonds is 8. The molecule has 9 heteroatoms. The Balaban J connectivity index is 1.25. The van der Waals surface area contributed by atoms with Crippen LogP contribution in [0.25, 0.3) is 11.0 Å². The van der Waals surface area contributed by atoms with Gasteiger partial charge in [-0.1, -0.05) is 36.4 Å². The van der Waals surface area contributed by atoms with Gasteiger partial charge in [-0.05, 0) is 105 Å². The highest BCUT2D eigenvalue weighted by molar-refractivity contribution is 5.81. The minimum Gasteiger partial charge on any atom is -0.340 e. The maximum atomic E-state index is 14.3. The number of hydrogen-bond donors (Lipinski definition) is 2. The van der Waals surface area contributed by atoms with Crippen molar-refractivity contribution in [1.82, 2.24) is 29.7 Å². The molecular weight excluding hydrogens is 560 g/mol. The summed E-state index contributed by atoms with van der Waals surface area (Å²) < 4.78 is 1.76. The smallest absolute Gasteiger partial charge is 0.276 e. The SMILES string of the molecule is CN1CCC(c2ccc(Nc3ncc4cc(N(C)c5ccccc5)c(=O)n(Cc5ncccc5C5CCNC5)c4n3)cc2)CC1. The highest BCUT2D eigenvalue weighted by atomic mass is 16.1. The van der Waals surface area contributed by atoms with E-state index >= 15 is 0 Å². The van der Waals surface area contributed by atoms with Crippen molar-refractivity contribution in [2.75, 3.05) is 50.5 Å². The lowest BCUT2D eigenvalue weighted by atomic mass is 9.89. The lowest BCUT2D eigenvalue weighted by Crippen LogP contribution is -2.29. The van der Waals surface area contributed by atoms with Crippen LogP contribution in [0.15, 0.2) is 90.0 Å². The van der Waals surface area contributed by atoms with Crippen molar-refractivity contribution in [1.29, 1.82) is 0 Å². The molecule has 2 fully saturated rings. The molecule has 2 aliphatic heterocycles. The number of piperidine rings is 1. The highest BCUT2D eigenvalue weighted by Crippen LogP contribution is 2.30. The van der Waals surface area contributed by atoms with Crippen LogP contribution < -0.4 is 21.1 Å². The molecule has 3 aromatic heterocycles. The van der Waals surface area contributed by atoms with E-state index in [0.717, 1.165) is 55.1 Å². The monoisotopic (exact) mass is 600 g/mol. The van der Waals surface area contributed by atoms with E-state index in [9.17, 15) is 4.79 Å². The predicted molar refractivity (Wildman–Crippen MR) is 181 cm³/mol. The van der Waals surface area contributed by atoms with Gasteiger partial charge in [0, 0.05) is 42.7 Å². The second kappa shape index (κ2) is 12.8. The van der Waals surface area contributed by atoms with Gasteiger partial charge in [-0.2, -0.15) is 4.98 Å². The largest absolute Gasteiger partial charge is 0.340 e. The van der Waals surface area contributed by atoms with Crippen molar-refractivity contribution >= 4 is 34.0 Å². The highest BCUT2D eigenvalue weighted by Gasteiger charge is 2.23. The van der Waals surface area contributed by atoms with E-state index in [2.05, 4.69) is 57.9 Å². The summed E-state index contributed by atoms with van der Waals surface area (Å²) in [5, 5.41) is 7.64. The molecule has 0 radical (unpaired) electrons. The molecule has 2 aliphatic rings. The summed E-state index contributed by atoms with van der Waals surface area (Å²) in [6.07, 6.45) is 7.04. The van der Waals surface area contributed by atoms with Crippen LogP contribution in [0.4, 0.5) is 23.0 Å². The molecule has 0 aliphatic carbocycles. The number of pyridine rings is 2. The molecule has 5 aromatic rings. The van der Waals surface area contributed by atoms with Gasteiger partial charge in [-0.25, -0.2) is 4.98 Å². The number of fused-ring (bicyclic) bond motifs is 1. The van der Waals surface area contributed by atoms with Crippen LogP contribution in [0.5, 0.6) is 0 Å². The summed E-state index contributed by atoms with van der Waals surface area (Å²) >= 11 is 0. The Kier molecular flexibility index (Phi) is 8.28. The van der Waals surface area contributed by atoms with Gasteiger partial charge in [0.1, 0.15) is 11.3 Å². The van der Waals surface area contributed by atoms with E-state index in [1.165, 1.54) is 24.0 Å². The van der Waals surface area contributed by atoms with Crippen LogP contribution in [0, 0.1) is 0 Å². The number of likely N-dealkylation sites (tertiary alicyclic amines) is 1. The van der Waals surface area contributed by atoms with E-state index in [1.807, 2.05) is 60.6 Å². The van der Waals surface area contributed by atoms with Crippen molar-refractivity contribution in [3.05, 3.63) is 112 Å². The van der Waals surface area contributed by atoms with E-state index in [1.54, 1.807) is 10.8 Å². The van der Waals surface area contributed by atoms with Gasteiger partial charge in [-0.3, -0.25) is 14.3 Å². The van der Waals surface area contributed by atoms with Crippen molar-refractivity contribution in [2.45, 2.75) is 37.6 Å². The number of nitrogens with one attached hydrogen (secondary N) is 2. The summed E-state index contributed by atoms with van der Waals surface area (Å²) in [4.78, 5) is 33.0. The standard InChI is InChI=1S/C36H40N8O/c1-42-19-15-26(16-20-42)25-10-12-29(13-11-25)40-36-39-23-28-21-33(43(2)30-7-4-3-5-8-30)35(45)44(34(28)41-36)24-32-31(9-6-17-38-32)27-14-18-37-22-27/h3-13,17,21,23,26-27,37H,14-16,18-20,22,24H2,1-2H3,(H,39,40,41). The van der Waals surface area contributed by atoms with Crippen molar-refractivity contribution in [3.63, 3.8) is 0 Å². The lowest BCUT2D eigenvalue weighted by Gasteiger charge is -2.29. The van der Waals surface area contributed by atoms with Gasteiger partial charge >= 0.3 is 0 Å². The third-order valence-electron chi connectivity index (χ3n) is 9.40. The fraction of sp³-hybridized carbons (Fsp3) is 0.333. The Morgan fingerprint density at radius 1 is 0.956 bits per heavy atom. The predicted octanol–water partition coefficient (Wildman–Crippen LogP) is 5.63. The number of aromatic nitrogens is 4. The molecule has 45 heavy (non-hydrogen) atoms. The maximum Gasteiger partial charge on any atom is 0.276 e. The fourth-order valence-electron chi connectivity index (χ4n) is 6.72. The third kappa shape index (κ3) is 6.18. The molecule has 5 heterocycles. The molecule has 0 bridgehead atoms. The van der Waals surface area contributed by atoms with Crippen molar-refractivity contribution in [2.24, 2.45) is 0 Å². The number of para-hydroxylation sites is 1. The summed E-state index contributed by atoms with van der Waals surface area (Å²) in [6.45, 7) is 4.49. The third-order valence-corrected chi connectivity index (χ3v) is 9.40. The van der Waals surface area contributed by atoms with E-state index in [4.69, 9.17) is 9.97 Å². The molecule has 1 atom stereocenters. The molecule has 0 saturated carbocycles. The molecule has 2 N–H and O–H groups in total. The van der Waals surface area contributed by atoms with Crippen LogP contribution in [0.2, 0.25) is 0 Å². The fourth-order valence-corrected chi connectivity index (χ4v) is 6.72. The first-order chi connectivity index (χ1) is 22.0. The molecule has 0 amide bonds. The Morgan fingerprint density at radius 2 is 1.76 bits per heavy atom. The van der Waals surface area contributed by atoms with E-state index in [0.29, 0.717) is 35.7 Å². The van der Waals surface area contributed by atoms with Gasteiger partial charge in [-0.15, -0.1) is 0 Å². The zero-order valence-electron chi connectivity index (χ0n) is 26.0. The number of benzene rings is 2. The van der Waals surface area contributed by atoms with Crippen LogP contribution in [0.1, 0.15) is 47.9 Å². The Bertz CT molecular complexity index is 1820. The first-order valence-corrected chi connectivity index (χ1v) is 15.9. The summed E-state index contributed by atoms with van der Waals surface area (Å²) in [6, 6.07) is 24.6. The van der Waals surface area contributed by atoms with Gasteiger partial charge in [0.25, 0.3) is 5.56 Å². The van der Waals surface area contributed by atoms with E-state index in [-0.39, 0.29) is 5.56 Å². The number of hydrogen-bond acceptors (Lipinski definition) is 8. The summed E-state index contributed by atoms with van der Waals surface area (Å²) in [7, 11) is 4.11. The van der Waals surface area contributed by atoms with E-state index < -0.39 is 0 Å². The molecule has 9 nitrogen and oxygen atoms in total. The molecule has 7 rings (SSSR count). The minimum atomic E-state index is -0.123. The topological polar surface area (TPSA) is 91.2 Å². The zero-order chi connectivity index (χ0) is 30.8. The Morgan fingerprint density at radius 3 is 2.51 bits per heavy atom. The Labute approximate surface area is 264 Å². The maximum absolute atomic E-state index is 14.3. The summed E-state index contributed by atoms with van der Waals surface area (Å²) in [5.74, 6) is 1.42.